The van der Waals surface area contributed by atoms with Gasteiger partial charge in [0.15, 0.2) is 5.96 Å². The third-order valence-corrected chi connectivity index (χ3v) is 5.24. The van der Waals surface area contributed by atoms with Crippen LogP contribution in [0, 0.1) is 0 Å². The second kappa shape index (κ2) is 7.07. The molecule has 2 fully saturated rings. The van der Waals surface area contributed by atoms with E-state index in [4.69, 9.17) is 4.74 Å². The molecule has 3 heterocycles. The quantitative estimate of drug-likeness (QED) is 0.470. The van der Waals surface area contributed by atoms with E-state index in [1.165, 1.54) is 4.90 Å². The van der Waals surface area contributed by atoms with E-state index >= 15 is 0 Å². The van der Waals surface area contributed by atoms with Crippen LogP contribution in [0.25, 0.3) is 0 Å². The smallest absolute Gasteiger partial charge is 0.261 e. The van der Waals surface area contributed by atoms with Crippen LogP contribution in [-0.4, -0.2) is 60.6 Å². The Morgan fingerprint density at radius 2 is 1.96 bits per heavy atom. The number of carbonyl (C=O) groups excluding carboxylic acids is 2. The maximum atomic E-state index is 12.4. The van der Waals surface area contributed by atoms with Crippen LogP contribution < -0.4 is 10.6 Å². The number of fused-ring (bicyclic) bond motifs is 3. The molecule has 26 heavy (non-hydrogen) atoms. The maximum Gasteiger partial charge on any atom is 0.261 e. The molecule has 2 saturated heterocycles. The van der Waals surface area contributed by atoms with Crippen LogP contribution in [0.5, 0.6) is 0 Å². The van der Waals surface area contributed by atoms with E-state index in [1.54, 1.807) is 24.3 Å². The van der Waals surface area contributed by atoms with E-state index < -0.39 is 0 Å². The van der Waals surface area contributed by atoms with Crippen molar-refractivity contribution in [1.29, 1.82) is 0 Å². The second-order valence-corrected chi connectivity index (χ2v) is 6.93. The highest BCUT2D eigenvalue weighted by Crippen LogP contribution is 2.34. The average Bonchev–Trinajstić information content (AvgIpc) is 3.32. The fourth-order valence-corrected chi connectivity index (χ4v) is 3.99. The van der Waals surface area contributed by atoms with Crippen LogP contribution >= 0.6 is 0 Å². The molecule has 3 aliphatic rings. The van der Waals surface area contributed by atoms with Crippen LogP contribution in [0.4, 0.5) is 0 Å². The van der Waals surface area contributed by atoms with Gasteiger partial charge in [-0.3, -0.25) is 19.5 Å². The van der Waals surface area contributed by atoms with Gasteiger partial charge in [0.2, 0.25) is 0 Å². The van der Waals surface area contributed by atoms with Crippen molar-refractivity contribution < 1.29 is 14.3 Å². The molecule has 0 aromatic heterocycles. The standard InChI is InChI=1S/C19H24N4O3/c1-2-20-19(22-15-11-12-7-8-16(15)26-12)21-9-10-23-17(24)13-5-3-4-6-14(13)18(23)25/h3-6,12,15-16H,2,7-11H2,1H3,(H2,20,21,22). The van der Waals surface area contributed by atoms with Crippen LogP contribution in [0.15, 0.2) is 29.3 Å². The van der Waals surface area contributed by atoms with Crippen molar-refractivity contribution in [1.82, 2.24) is 15.5 Å². The summed E-state index contributed by atoms with van der Waals surface area (Å²) in [5.41, 5.74) is 0.955. The lowest BCUT2D eigenvalue weighted by atomic mass is 9.96. The number of nitrogens with one attached hydrogen (secondary N) is 2. The molecule has 0 aliphatic carbocycles. The number of amides is 2. The van der Waals surface area contributed by atoms with Gasteiger partial charge < -0.3 is 15.4 Å². The normalized spacial score (nSPS) is 27.2. The fourth-order valence-electron chi connectivity index (χ4n) is 3.99. The third-order valence-electron chi connectivity index (χ3n) is 5.24. The van der Waals surface area contributed by atoms with Crippen LogP contribution in [0.1, 0.15) is 46.9 Å². The molecule has 0 saturated carbocycles. The van der Waals surface area contributed by atoms with Crippen molar-refractivity contribution >= 4 is 17.8 Å². The lowest BCUT2D eigenvalue weighted by Gasteiger charge is -2.22. The predicted octanol–water partition coefficient (Wildman–Crippen LogP) is 1.16. The first-order valence-corrected chi connectivity index (χ1v) is 9.33. The summed E-state index contributed by atoms with van der Waals surface area (Å²) in [4.78, 5) is 30.6. The molecule has 7 heteroatoms. The van der Waals surface area contributed by atoms with Crippen LogP contribution in [0.3, 0.4) is 0 Å². The zero-order valence-electron chi connectivity index (χ0n) is 14.9. The van der Waals surface area contributed by atoms with E-state index in [0.29, 0.717) is 29.7 Å². The van der Waals surface area contributed by atoms with E-state index in [2.05, 4.69) is 15.6 Å². The van der Waals surface area contributed by atoms with Crippen LogP contribution in [-0.2, 0) is 4.74 Å². The molecule has 7 nitrogen and oxygen atoms in total. The number of hydrogen-bond donors (Lipinski definition) is 2. The number of carbonyl (C=O) groups is 2. The van der Waals surface area contributed by atoms with Gasteiger partial charge in [0.1, 0.15) is 0 Å². The maximum absolute atomic E-state index is 12.4. The van der Waals surface area contributed by atoms with Gasteiger partial charge in [0.25, 0.3) is 11.8 Å². The number of guanidine groups is 1. The van der Waals surface area contributed by atoms with Gasteiger partial charge in [0.05, 0.1) is 35.9 Å². The fraction of sp³-hybridized carbons (Fsp3) is 0.526. The Hall–Kier alpha value is -2.41. The second-order valence-electron chi connectivity index (χ2n) is 6.93. The molecular formula is C19H24N4O3. The summed E-state index contributed by atoms with van der Waals surface area (Å²) in [6.45, 7) is 3.40. The van der Waals surface area contributed by atoms with Crippen molar-refractivity contribution in [2.75, 3.05) is 19.6 Å². The van der Waals surface area contributed by atoms with Crippen molar-refractivity contribution in [3.05, 3.63) is 35.4 Å². The Balaban J connectivity index is 1.37. The van der Waals surface area contributed by atoms with Gasteiger partial charge in [-0.25, -0.2) is 0 Å². The first-order chi connectivity index (χ1) is 12.7. The van der Waals surface area contributed by atoms with Crippen molar-refractivity contribution in [3.63, 3.8) is 0 Å². The average molecular weight is 356 g/mol. The molecule has 2 N–H and O–H groups in total. The molecule has 2 bridgehead atoms. The minimum absolute atomic E-state index is 0.236. The van der Waals surface area contributed by atoms with Gasteiger partial charge in [-0.2, -0.15) is 0 Å². The van der Waals surface area contributed by atoms with Gasteiger partial charge in [-0.1, -0.05) is 12.1 Å². The summed E-state index contributed by atoms with van der Waals surface area (Å²) < 4.78 is 5.87. The van der Waals surface area contributed by atoms with Crippen LogP contribution in [0.2, 0.25) is 0 Å². The molecule has 138 valence electrons. The highest BCUT2D eigenvalue weighted by Gasteiger charge is 2.41. The molecule has 2 amide bonds. The lowest BCUT2D eigenvalue weighted by Crippen LogP contribution is -2.47. The predicted molar refractivity (Wildman–Crippen MR) is 97.2 cm³/mol. The molecule has 3 unspecified atom stereocenters. The topological polar surface area (TPSA) is 83.0 Å². The molecule has 3 aliphatic heterocycles. The third kappa shape index (κ3) is 3.07. The monoisotopic (exact) mass is 356 g/mol. The number of benzene rings is 1. The van der Waals surface area contributed by atoms with Gasteiger partial charge in [-0.05, 0) is 38.3 Å². The molecule has 0 radical (unpaired) electrons. The highest BCUT2D eigenvalue weighted by atomic mass is 16.5. The Morgan fingerprint density at radius 1 is 1.23 bits per heavy atom. The molecular weight excluding hydrogens is 332 g/mol. The summed E-state index contributed by atoms with van der Waals surface area (Å²) >= 11 is 0. The van der Waals surface area contributed by atoms with Crippen molar-refractivity contribution in [2.45, 2.75) is 44.4 Å². The van der Waals surface area contributed by atoms with E-state index in [-0.39, 0.29) is 30.5 Å². The number of aliphatic imine (C=N–C) groups is 1. The number of hydrogen-bond acceptors (Lipinski definition) is 4. The Morgan fingerprint density at radius 3 is 2.54 bits per heavy atom. The highest BCUT2D eigenvalue weighted by molar-refractivity contribution is 6.21. The number of nitrogens with zero attached hydrogens (tertiary/aromatic N) is 2. The zero-order valence-corrected chi connectivity index (χ0v) is 14.9. The Labute approximate surface area is 152 Å². The molecule has 1 aromatic carbocycles. The molecule has 0 spiro atoms. The summed E-state index contributed by atoms with van der Waals surface area (Å²) in [6, 6.07) is 7.22. The van der Waals surface area contributed by atoms with E-state index in [1.807, 2.05) is 6.92 Å². The van der Waals surface area contributed by atoms with E-state index in [0.717, 1.165) is 25.8 Å². The van der Waals surface area contributed by atoms with Gasteiger partial charge in [0, 0.05) is 13.1 Å². The van der Waals surface area contributed by atoms with Gasteiger partial charge >= 0.3 is 0 Å². The largest absolute Gasteiger partial charge is 0.373 e. The van der Waals surface area contributed by atoms with E-state index in [9.17, 15) is 9.59 Å². The number of ether oxygens (including phenoxy) is 1. The SMILES string of the molecule is CCNC(=NCCN1C(=O)c2ccccc2C1=O)NC1CC2CCC1O2. The van der Waals surface area contributed by atoms with Gasteiger partial charge in [-0.15, -0.1) is 0 Å². The first kappa shape index (κ1) is 17.0. The molecule has 1 aromatic rings. The Kier molecular flexibility index (Phi) is 4.63. The first-order valence-electron chi connectivity index (χ1n) is 9.33. The summed E-state index contributed by atoms with van der Waals surface area (Å²) in [5.74, 6) is 0.241. The summed E-state index contributed by atoms with van der Waals surface area (Å²) in [7, 11) is 0. The molecule has 4 rings (SSSR count). The Bertz CT molecular complexity index is 713. The molecule has 3 atom stereocenters. The van der Waals surface area contributed by atoms with Crippen molar-refractivity contribution in [2.24, 2.45) is 4.99 Å². The number of rotatable bonds is 5. The number of imide groups is 1. The summed E-state index contributed by atoms with van der Waals surface area (Å²) in [6.07, 6.45) is 3.89. The zero-order chi connectivity index (χ0) is 18.1. The summed E-state index contributed by atoms with van der Waals surface area (Å²) in [5, 5.41) is 6.67. The van der Waals surface area contributed by atoms with Crippen molar-refractivity contribution in [3.8, 4) is 0 Å². The lowest BCUT2D eigenvalue weighted by molar-refractivity contribution is 0.0659. The minimum atomic E-state index is -0.236. The minimum Gasteiger partial charge on any atom is -0.373 e.